The van der Waals surface area contributed by atoms with Crippen molar-refractivity contribution < 1.29 is 0 Å². The maximum atomic E-state index is 4.51. The van der Waals surface area contributed by atoms with E-state index < -0.39 is 0 Å². The largest absolute Gasteiger partial charge is 0.356 e. The molecule has 2 aliphatic rings. The lowest BCUT2D eigenvalue weighted by Crippen LogP contribution is -2.41. The predicted molar refractivity (Wildman–Crippen MR) is 68.1 cm³/mol. The normalized spacial score (nSPS) is 23.2. The molecular weight excluding hydrogens is 212 g/mol. The van der Waals surface area contributed by atoms with Gasteiger partial charge in [0.05, 0.1) is 0 Å². The van der Waals surface area contributed by atoms with E-state index in [0.29, 0.717) is 5.41 Å². The fraction of sp³-hybridized carbons (Fsp3) is 0.692. The van der Waals surface area contributed by atoms with Crippen LogP contribution in [-0.4, -0.2) is 36.1 Å². The molecule has 1 aromatic rings. The van der Waals surface area contributed by atoms with Crippen LogP contribution in [0.15, 0.2) is 12.3 Å². The molecule has 0 bridgehead atoms. The number of nitrogens with one attached hydrogen (secondary N) is 1. The standard InChI is InChI=1S/C13H20N4/c1-11-15-6-2-12(16-11)17-8-4-13(5-9-17)3-7-14-10-13/h2,6,14H,3-5,7-10H2,1H3. The smallest absolute Gasteiger partial charge is 0.132 e. The Labute approximate surface area is 102 Å². The fourth-order valence-corrected chi connectivity index (χ4v) is 3.05. The van der Waals surface area contributed by atoms with Crippen LogP contribution in [-0.2, 0) is 0 Å². The molecule has 1 N–H and O–H groups in total. The molecule has 3 heterocycles. The zero-order valence-corrected chi connectivity index (χ0v) is 10.4. The van der Waals surface area contributed by atoms with Crippen LogP contribution in [0.25, 0.3) is 0 Å². The molecule has 0 aliphatic carbocycles. The highest BCUT2D eigenvalue weighted by atomic mass is 15.2. The number of rotatable bonds is 1. The molecule has 2 fully saturated rings. The number of piperidine rings is 1. The molecule has 2 saturated heterocycles. The van der Waals surface area contributed by atoms with E-state index in [1.54, 1.807) is 0 Å². The number of nitrogens with zero attached hydrogens (tertiary/aromatic N) is 3. The molecule has 0 atom stereocenters. The SMILES string of the molecule is Cc1nccc(N2CCC3(CCNC3)CC2)n1. The third-order valence-corrected chi connectivity index (χ3v) is 4.24. The number of aryl methyl sites for hydroxylation is 1. The van der Waals surface area contributed by atoms with E-state index in [2.05, 4.69) is 20.2 Å². The second-order valence-corrected chi connectivity index (χ2v) is 5.38. The maximum Gasteiger partial charge on any atom is 0.132 e. The molecule has 92 valence electrons. The Morgan fingerprint density at radius 1 is 1.29 bits per heavy atom. The minimum atomic E-state index is 0.582. The minimum absolute atomic E-state index is 0.582. The topological polar surface area (TPSA) is 41.1 Å². The van der Waals surface area contributed by atoms with Crippen molar-refractivity contribution in [3.05, 3.63) is 18.1 Å². The zero-order chi connectivity index (χ0) is 11.7. The molecule has 3 rings (SSSR count). The van der Waals surface area contributed by atoms with Crippen LogP contribution in [0, 0.1) is 12.3 Å². The van der Waals surface area contributed by atoms with Crippen molar-refractivity contribution in [2.75, 3.05) is 31.1 Å². The van der Waals surface area contributed by atoms with E-state index in [9.17, 15) is 0 Å². The van der Waals surface area contributed by atoms with Crippen LogP contribution in [0.1, 0.15) is 25.1 Å². The van der Waals surface area contributed by atoms with Crippen molar-refractivity contribution in [2.24, 2.45) is 5.41 Å². The van der Waals surface area contributed by atoms with Crippen LogP contribution in [0.5, 0.6) is 0 Å². The lowest BCUT2D eigenvalue weighted by atomic mass is 9.78. The van der Waals surface area contributed by atoms with Crippen molar-refractivity contribution in [3.8, 4) is 0 Å². The second kappa shape index (κ2) is 4.26. The van der Waals surface area contributed by atoms with E-state index in [0.717, 1.165) is 24.7 Å². The first kappa shape index (κ1) is 11.0. The quantitative estimate of drug-likeness (QED) is 0.794. The number of hydrogen-bond donors (Lipinski definition) is 1. The molecule has 0 amide bonds. The number of hydrogen-bond acceptors (Lipinski definition) is 4. The van der Waals surface area contributed by atoms with Gasteiger partial charge in [-0.25, -0.2) is 9.97 Å². The molecule has 0 aromatic carbocycles. The molecule has 17 heavy (non-hydrogen) atoms. The van der Waals surface area contributed by atoms with Gasteiger partial charge in [0.1, 0.15) is 11.6 Å². The van der Waals surface area contributed by atoms with E-state index in [1.807, 2.05) is 19.2 Å². The summed E-state index contributed by atoms with van der Waals surface area (Å²) in [6, 6.07) is 2.03. The van der Waals surface area contributed by atoms with Gasteiger partial charge in [0, 0.05) is 25.8 Å². The molecular formula is C13H20N4. The Kier molecular flexibility index (Phi) is 2.74. The van der Waals surface area contributed by atoms with Gasteiger partial charge >= 0.3 is 0 Å². The Morgan fingerprint density at radius 3 is 2.76 bits per heavy atom. The molecule has 0 radical (unpaired) electrons. The first-order valence-electron chi connectivity index (χ1n) is 6.53. The molecule has 1 spiro atoms. The Balaban J connectivity index is 1.68. The zero-order valence-electron chi connectivity index (χ0n) is 10.4. The van der Waals surface area contributed by atoms with Gasteiger partial charge in [-0.3, -0.25) is 0 Å². The van der Waals surface area contributed by atoms with E-state index in [1.165, 1.54) is 32.4 Å². The lowest BCUT2D eigenvalue weighted by Gasteiger charge is -2.39. The summed E-state index contributed by atoms with van der Waals surface area (Å²) in [4.78, 5) is 11.1. The van der Waals surface area contributed by atoms with Crippen LogP contribution < -0.4 is 10.2 Å². The number of anilines is 1. The number of aromatic nitrogens is 2. The summed E-state index contributed by atoms with van der Waals surface area (Å²) in [6.45, 7) is 6.64. The first-order chi connectivity index (χ1) is 8.27. The van der Waals surface area contributed by atoms with Crippen LogP contribution in [0.2, 0.25) is 0 Å². The Hall–Kier alpha value is -1.16. The molecule has 1 aromatic heterocycles. The summed E-state index contributed by atoms with van der Waals surface area (Å²) >= 11 is 0. The van der Waals surface area contributed by atoms with Gasteiger partial charge in [-0.05, 0) is 44.2 Å². The highest BCUT2D eigenvalue weighted by molar-refractivity contribution is 5.38. The van der Waals surface area contributed by atoms with Crippen LogP contribution >= 0.6 is 0 Å². The third-order valence-electron chi connectivity index (χ3n) is 4.24. The van der Waals surface area contributed by atoms with Gasteiger partial charge in [0.25, 0.3) is 0 Å². The molecule has 4 nitrogen and oxygen atoms in total. The van der Waals surface area contributed by atoms with E-state index in [-0.39, 0.29) is 0 Å². The van der Waals surface area contributed by atoms with Gasteiger partial charge in [-0.2, -0.15) is 0 Å². The highest BCUT2D eigenvalue weighted by Gasteiger charge is 2.37. The summed E-state index contributed by atoms with van der Waals surface area (Å²) in [5, 5.41) is 3.50. The summed E-state index contributed by atoms with van der Waals surface area (Å²) in [5.41, 5.74) is 0.582. The monoisotopic (exact) mass is 232 g/mol. The van der Waals surface area contributed by atoms with Crippen molar-refractivity contribution in [1.82, 2.24) is 15.3 Å². The molecule has 4 heteroatoms. The van der Waals surface area contributed by atoms with Crippen molar-refractivity contribution in [2.45, 2.75) is 26.2 Å². The summed E-state index contributed by atoms with van der Waals surface area (Å²) < 4.78 is 0. The van der Waals surface area contributed by atoms with Crippen molar-refractivity contribution in [3.63, 3.8) is 0 Å². The van der Waals surface area contributed by atoms with Gasteiger partial charge in [0.2, 0.25) is 0 Å². The van der Waals surface area contributed by atoms with Crippen LogP contribution in [0.3, 0.4) is 0 Å². The van der Waals surface area contributed by atoms with Gasteiger partial charge in [-0.1, -0.05) is 0 Å². The second-order valence-electron chi connectivity index (χ2n) is 5.38. The Morgan fingerprint density at radius 2 is 2.12 bits per heavy atom. The molecule has 0 unspecified atom stereocenters. The highest BCUT2D eigenvalue weighted by Crippen LogP contribution is 2.37. The summed E-state index contributed by atoms with van der Waals surface area (Å²) in [6.07, 6.45) is 5.80. The molecule has 2 aliphatic heterocycles. The van der Waals surface area contributed by atoms with E-state index in [4.69, 9.17) is 0 Å². The van der Waals surface area contributed by atoms with Gasteiger partial charge < -0.3 is 10.2 Å². The fourth-order valence-electron chi connectivity index (χ4n) is 3.05. The third kappa shape index (κ3) is 2.14. The lowest BCUT2D eigenvalue weighted by molar-refractivity contribution is 0.247. The first-order valence-corrected chi connectivity index (χ1v) is 6.53. The van der Waals surface area contributed by atoms with Gasteiger partial charge in [0.15, 0.2) is 0 Å². The van der Waals surface area contributed by atoms with Crippen molar-refractivity contribution in [1.29, 1.82) is 0 Å². The average molecular weight is 232 g/mol. The summed E-state index contributed by atoms with van der Waals surface area (Å²) in [7, 11) is 0. The average Bonchev–Trinajstić information content (AvgIpc) is 2.79. The molecule has 0 saturated carbocycles. The Bertz CT molecular complexity index is 388. The van der Waals surface area contributed by atoms with Gasteiger partial charge in [-0.15, -0.1) is 0 Å². The minimum Gasteiger partial charge on any atom is -0.356 e. The predicted octanol–water partition coefficient (Wildman–Crippen LogP) is 1.36. The summed E-state index contributed by atoms with van der Waals surface area (Å²) in [5.74, 6) is 1.96. The van der Waals surface area contributed by atoms with Crippen molar-refractivity contribution >= 4 is 5.82 Å². The van der Waals surface area contributed by atoms with Crippen LogP contribution in [0.4, 0.5) is 5.82 Å². The maximum absolute atomic E-state index is 4.51. The van der Waals surface area contributed by atoms with E-state index >= 15 is 0 Å².